The normalized spacial score (nSPS) is 11.4. The highest BCUT2D eigenvalue weighted by molar-refractivity contribution is 5.69. The maximum absolute atomic E-state index is 11.8. The molecule has 1 N–H and O–H groups in total. The highest BCUT2D eigenvalue weighted by atomic mass is 16.5. The number of aliphatic hydroxyl groups excluding tert-OH is 1. The van der Waals surface area contributed by atoms with E-state index in [4.69, 9.17) is 9.47 Å². The van der Waals surface area contributed by atoms with Crippen LogP contribution in [0.25, 0.3) is 0 Å². The number of hydrogen-bond donors (Lipinski definition) is 1. The van der Waals surface area contributed by atoms with Crippen molar-refractivity contribution in [3.05, 3.63) is 0 Å². The Morgan fingerprint density at radius 2 is 1.16 bits per heavy atom. The summed E-state index contributed by atoms with van der Waals surface area (Å²) < 4.78 is 10.4. The van der Waals surface area contributed by atoms with E-state index in [2.05, 4.69) is 11.8 Å². The Hall–Kier alpha value is -0.650. The standard InChI is InChI=1S/C27H55NO4/c1-3-4-5-6-7-14-19-26-32-27(30)20-15-10-8-11-16-21-28(23-24-29)22-17-12-9-13-18-25-31-2/h29H,3-26H2,1-2H3. The van der Waals surface area contributed by atoms with Gasteiger partial charge in [-0.15, -0.1) is 0 Å². The Kier molecular flexibility index (Phi) is 26.1. The smallest absolute Gasteiger partial charge is 0.305 e. The summed E-state index contributed by atoms with van der Waals surface area (Å²) in [7, 11) is 1.76. The predicted octanol–water partition coefficient (Wildman–Crippen LogP) is 6.51. The molecule has 0 atom stereocenters. The maximum atomic E-state index is 11.8. The van der Waals surface area contributed by atoms with Crippen molar-refractivity contribution < 1.29 is 19.4 Å². The third-order valence-corrected chi connectivity index (χ3v) is 6.11. The predicted molar refractivity (Wildman–Crippen MR) is 135 cm³/mol. The number of unbranched alkanes of at least 4 members (excludes halogenated alkanes) is 14. The fraction of sp³-hybridized carbons (Fsp3) is 0.963. The third-order valence-electron chi connectivity index (χ3n) is 6.11. The van der Waals surface area contributed by atoms with Gasteiger partial charge in [0, 0.05) is 26.7 Å². The summed E-state index contributed by atoms with van der Waals surface area (Å²) in [5.74, 6) is -0.0210. The van der Waals surface area contributed by atoms with Crippen molar-refractivity contribution >= 4 is 5.97 Å². The number of nitrogens with zero attached hydrogens (tertiary/aromatic N) is 1. The molecule has 192 valence electrons. The molecule has 0 aromatic rings. The first-order valence-corrected chi connectivity index (χ1v) is 13.7. The minimum Gasteiger partial charge on any atom is -0.466 e. The number of carbonyl (C=O) groups is 1. The van der Waals surface area contributed by atoms with E-state index in [1.165, 1.54) is 83.5 Å². The van der Waals surface area contributed by atoms with E-state index < -0.39 is 0 Å². The van der Waals surface area contributed by atoms with Crippen LogP contribution in [0.5, 0.6) is 0 Å². The zero-order valence-electron chi connectivity index (χ0n) is 21.6. The van der Waals surface area contributed by atoms with E-state index in [1.54, 1.807) is 7.11 Å². The summed E-state index contributed by atoms with van der Waals surface area (Å²) in [6, 6.07) is 0. The number of aliphatic hydroxyl groups is 1. The molecule has 0 spiro atoms. The SMILES string of the molecule is CCCCCCCCCOC(=O)CCCCCCCN(CCO)CCCCCCCOC. The van der Waals surface area contributed by atoms with Gasteiger partial charge in [-0.25, -0.2) is 0 Å². The van der Waals surface area contributed by atoms with Crippen LogP contribution in [0.3, 0.4) is 0 Å². The molecule has 0 rings (SSSR count). The second kappa shape index (κ2) is 26.6. The molecule has 0 fully saturated rings. The molecular formula is C27H55NO4. The first kappa shape index (κ1) is 31.4. The highest BCUT2D eigenvalue weighted by Gasteiger charge is 2.05. The first-order chi connectivity index (χ1) is 15.7. The van der Waals surface area contributed by atoms with Gasteiger partial charge < -0.3 is 19.5 Å². The van der Waals surface area contributed by atoms with Crippen LogP contribution in [0.1, 0.15) is 122 Å². The van der Waals surface area contributed by atoms with E-state index in [0.29, 0.717) is 13.0 Å². The van der Waals surface area contributed by atoms with Crippen molar-refractivity contribution in [2.24, 2.45) is 0 Å². The van der Waals surface area contributed by atoms with Crippen LogP contribution in [0, 0.1) is 0 Å². The lowest BCUT2D eigenvalue weighted by molar-refractivity contribution is -0.143. The molecule has 0 aliphatic carbocycles. The second-order valence-corrected chi connectivity index (χ2v) is 9.19. The fourth-order valence-corrected chi connectivity index (χ4v) is 4.04. The minimum atomic E-state index is -0.0210. The van der Waals surface area contributed by atoms with E-state index in [1.807, 2.05) is 0 Å². The molecule has 0 amide bonds. The van der Waals surface area contributed by atoms with Crippen molar-refractivity contribution in [2.75, 3.05) is 46.6 Å². The van der Waals surface area contributed by atoms with Crippen molar-refractivity contribution in [3.63, 3.8) is 0 Å². The minimum absolute atomic E-state index is 0.0210. The summed E-state index contributed by atoms with van der Waals surface area (Å²) in [6.07, 6.45) is 21.1. The van der Waals surface area contributed by atoms with E-state index in [0.717, 1.165) is 51.9 Å². The Balaban J connectivity index is 3.47. The van der Waals surface area contributed by atoms with Gasteiger partial charge in [0.2, 0.25) is 0 Å². The van der Waals surface area contributed by atoms with Crippen LogP contribution in [0.2, 0.25) is 0 Å². The van der Waals surface area contributed by atoms with Crippen LogP contribution in [0.4, 0.5) is 0 Å². The molecule has 0 saturated heterocycles. The van der Waals surface area contributed by atoms with Crippen LogP contribution in [-0.2, 0) is 14.3 Å². The van der Waals surface area contributed by atoms with Crippen molar-refractivity contribution in [1.82, 2.24) is 4.90 Å². The Morgan fingerprint density at radius 3 is 1.72 bits per heavy atom. The largest absolute Gasteiger partial charge is 0.466 e. The average Bonchev–Trinajstić information content (AvgIpc) is 2.79. The number of methoxy groups -OCH3 is 1. The highest BCUT2D eigenvalue weighted by Crippen LogP contribution is 2.10. The van der Waals surface area contributed by atoms with Crippen LogP contribution >= 0.6 is 0 Å². The molecule has 5 heteroatoms. The molecule has 0 aromatic carbocycles. The molecule has 0 radical (unpaired) electrons. The van der Waals surface area contributed by atoms with Crippen molar-refractivity contribution in [3.8, 4) is 0 Å². The maximum Gasteiger partial charge on any atom is 0.305 e. The zero-order valence-corrected chi connectivity index (χ0v) is 21.6. The number of hydrogen-bond acceptors (Lipinski definition) is 5. The average molecular weight is 458 g/mol. The molecule has 0 aromatic heterocycles. The van der Waals surface area contributed by atoms with Crippen LogP contribution < -0.4 is 0 Å². The summed E-state index contributed by atoms with van der Waals surface area (Å²) >= 11 is 0. The third kappa shape index (κ3) is 24.0. The molecule has 0 aliphatic heterocycles. The van der Waals surface area contributed by atoms with Crippen molar-refractivity contribution in [1.29, 1.82) is 0 Å². The Bertz CT molecular complexity index is 379. The molecule has 0 aliphatic rings. The van der Waals surface area contributed by atoms with Gasteiger partial charge >= 0.3 is 5.97 Å². The second-order valence-electron chi connectivity index (χ2n) is 9.19. The lowest BCUT2D eigenvalue weighted by Crippen LogP contribution is -2.29. The molecule has 32 heavy (non-hydrogen) atoms. The summed E-state index contributed by atoms with van der Waals surface area (Å²) in [5.41, 5.74) is 0. The fourth-order valence-electron chi connectivity index (χ4n) is 4.04. The topological polar surface area (TPSA) is 59.0 Å². The van der Waals surface area contributed by atoms with Crippen molar-refractivity contribution in [2.45, 2.75) is 122 Å². The quantitative estimate of drug-likeness (QED) is 0.118. The zero-order chi connectivity index (χ0) is 23.5. The summed E-state index contributed by atoms with van der Waals surface area (Å²) in [4.78, 5) is 14.2. The number of rotatable bonds is 26. The first-order valence-electron chi connectivity index (χ1n) is 13.7. The summed E-state index contributed by atoms with van der Waals surface area (Å²) in [6.45, 7) is 6.91. The van der Waals surface area contributed by atoms with Gasteiger partial charge in [-0.3, -0.25) is 4.79 Å². The Morgan fingerprint density at radius 1 is 0.656 bits per heavy atom. The molecule has 0 heterocycles. The van der Waals surface area contributed by atoms with Crippen LogP contribution in [-0.4, -0.2) is 62.5 Å². The van der Waals surface area contributed by atoms with Gasteiger partial charge in [0.05, 0.1) is 13.2 Å². The summed E-state index contributed by atoms with van der Waals surface area (Å²) in [5, 5.41) is 9.30. The van der Waals surface area contributed by atoms with Gasteiger partial charge in [-0.2, -0.15) is 0 Å². The van der Waals surface area contributed by atoms with Gasteiger partial charge in [0.1, 0.15) is 0 Å². The molecule has 5 nitrogen and oxygen atoms in total. The molecule has 0 bridgehead atoms. The van der Waals surface area contributed by atoms with E-state index in [-0.39, 0.29) is 12.6 Å². The number of ether oxygens (including phenoxy) is 2. The number of carbonyl (C=O) groups excluding carboxylic acids is 1. The van der Waals surface area contributed by atoms with Crippen LogP contribution in [0.15, 0.2) is 0 Å². The molecule has 0 saturated carbocycles. The van der Waals surface area contributed by atoms with Gasteiger partial charge in [-0.1, -0.05) is 84.0 Å². The van der Waals surface area contributed by atoms with E-state index >= 15 is 0 Å². The Labute approximate surface area is 199 Å². The molecular weight excluding hydrogens is 402 g/mol. The molecule has 0 unspecified atom stereocenters. The lowest BCUT2D eigenvalue weighted by Gasteiger charge is -2.21. The lowest BCUT2D eigenvalue weighted by atomic mass is 10.1. The monoisotopic (exact) mass is 457 g/mol. The van der Waals surface area contributed by atoms with Gasteiger partial charge in [0.25, 0.3) is 0 Å². The van der Waals surface area contributed by atoms with E-state index in [9.17, 15) is 9.90 Å². The van der Waals surface area contributed by atoms with Gasteiger partial charge in [-0.05, 0) is 45.2 Å². The van der Waals surface area contributed by atoms with Gasteiger partial charge in [0.15, 0.2) is 0 Å². The number of esters is 1.